The largest absolute Gasteiger partial charge is 0.391 e. The molecule has 1 unspecified atom stereocenters. The molecule has 0 spiro atoms. The number of rotatable bonds is 4. The van der Waals surface area contributed by atoms with Gasteiger partial charge in [0.2, 0.25) is 0 Å². The summed E-state index contributed by atoms with van der Waals surface area (Å²) in [5.41, 5.74) is 5.47. The highest BCUT2D eigenvalue weighted by Crippen LogP contribution is 2.26. The second-order valence-electron chi connectivity index (χ2n) is 5.70. The summed E-state index contributed by atoms with van der Waals surface area (Å²) in [6.45, 7) is 9.72. The zero-order chi connectivity index (χ0) is 14.8. The van der Waals surface area contributed by atoms with E-state index >= 15 is 0 Å². The van der Waals surface area contributed by atoms with Crippen LogP contribution in [0, 0.1) is 0 Å². The summed E-state index contributed by atoms with van der Waals surface area (Å²) in [6.07, 6.45) is 0.630. The van der Waals surface area contributed by atoms with Crippen LogP contribution in [0.4, 0.5) is 0 Å². The summed E-state index contributed by atoms with van der Waals surface area (Å²) < 4.78 is 3.88. The smallest absolute Gasteiger partial charge is 0.265 e. The third-order valence-electron chi connectivity index (χ3n) is 3.05. The van der Waals surface area contributed by atoms with Gasteiger partial charge in [-0.25, -0.2) is 0 Å². The van der Waals surface area contributed by atoms with Crippen LogP contribution in [-0.4, -0.2) is 26.0 Å². The zero-order valence-electron chi connectivity index (χ0n) is 11.9. The van der Waals surface area contributed by atoms with Crippen molar-refractivity contribution in [3.8, 4) is 0 Å². The maximum Gasteiger partial charge on any atom is 0.265 e. The van der Waals surface area contributed by atoms with Crippen LogP contribution in [0.3, 0.4) is 0 Å². The van der Waals surface area contributed by atoms with Gasteiger partial charge in [0, 0.05) is 5.41 Å². The van der Waals surface area contributed by atoms with Gasteiger partial charge >= 0.3 is 0 Å². The van der Waals surface area contributed by atoms with E-state index in [-0.39, 0.29) is 16.3 Å². The first-order valence-electron chi connectivity index (χ1n) is 6.07. The molecule has 106 valence electrons. The number of carbonyl (C=O) groups excluding carboxylic acids is 1. The van der Waals surface area contributed by atoms with Crippen molar-refractivity contribution in [2.75, 3.05) is 0 Å². The Labute approximate surface area is 123 Å². The topological polar surface area (TPSA) is 80.9 Å². The van der Waals surface area contributed by atoms with Crippen molar-refractivity contribution in [2.24, 2.45) is 5.73 Å². The van der Waals surface area contributed by atoms with Crippen molar-refractivity contribution in [1.29, 1.82) is 0 Å². The van der Waals surface area contributed by atoms with Gasteiger partial charge in [0.25, 0.3) is 5.91 Å². The molecule has 0 bridgehead atoms. The van der Waals surface area contributed by atoms with Gasteiger partial charge in [-0.05, 0) is 24.9 Å². The number of amides is 1. The molecule has 5 nitrogen and oxygen atoms in total. The lowest BCUT2D eigenvalue weighted by molar-refractivity contribution is 0.0928. The Morgan fingerprint density at radius 2 is 2.00 bits per heavy atom. The van der Waals surface area contributed by atoms with Gasteiger partial charge in [-0.1, -0.05) is 44.4 Å². The van der Waals surface area contributed by atoms with Gasteiger partial charge in [-0.15, -0.1) is 5.10 Å². The first kappa shape index (κ1) is 16.0. The normalized spacial score (nSPS) is 14.8. The molecule has 1 aromatic heterocycles. The SMILES string of the molecule is CCC(C)(NC(=O)c1snnc1C(C)(C)C)C(N)=S. The Balaban J connectivity index is 3.03. The molecule has 0 aliphatic carbocycles. The fourth-order valence-corrected chi connectivity index (χ4v) is 2.43. The summed E-state index contributed by atoms with van der Waals surface area (Å²) in [5, 5.41) is 6.94. The second kappa shape index (κ2) is 5.50. The molecule has 0 aliphatic rings. The van der Waals surface area contributed by atoms with E-state index in [4.69, 9.17) is 18.0 Å². The minimum Gasteiger partial charge on any atom is -0.391 e. The van der Waals surface area contributed by atoms with Gasteiger partial charge in [-0.2, -0.15) is 0 Å². The number of nitrogens with two attached hydrogens (primary N) is 1. The average Bonchev–Trinajstić information content (AvgIpc) is 2.77. The summed E-state index contributed by atoms with van der Waals surface area (Å²) in [4.78, 5) is 13.1. The molecule has 0 aliphatic heterocycles. The fourth-order valence-electron chi connectivity index (χ4n) is 1.46. The molecule has 7 heteroatoms. The predicted molar refractivity (Wildman–Crippen MR) is 81.6 cm³/mol. The predicted octanol–water partition coefficient (Wildman–Crippen LogP) is 2.02. The van der Waals surface area contributed by atoms with Crippen molar-refractivity contribution in [1.82, 2.24) is 14.9 Å². The van der Waals surface area contributed by atoms with Gasteiger partial charge in [-0.3, -0.25) is 4.79 Å². The fraction of sp³-hybridized carbons (Fsp3) is 0.667. The number of aromatic nitrogens is 2. The van der Waals surface area contributed by atoms with E-state index in [1.807, 2.05) is 34.6 Å². The van der Waals surface area contributed by atoms with Crippen LogP contribution in [0.5, 0.6) is 0 Å². The molecule has 1 heterocycles. The standard InChI is InChI=1S/C12H20N4OS2/c1-6-12(5,10(13)18)14-9(17)7-8(11(2,3)4)15-16-19-7/h6H2,1-5H3,(H2,13,18)(H,14,17). The Bertz CT molecular complexity index is 492. The second-order valence-corrected chi connectivity index (χ2v) is 6.90. The molecule has 1 amide bonds. The van der Waals surface area contributed by atoms with Crippen LogP contribution >= 0.6 is 23.8 Å². The molecule has 1 aromatic rings. The summed E-state index contributed by atoms with van der Waals surface area (Å²) >= 11 is 6.11. The van der Waals surface area contributed by atoms with E-state index < -0.39 is 5.54 Å². The van der Waals surface area contributed by atoms with E-state index in [0.717, 1.165) is 11.5 Å². The average molecular weight is 300 g/mol. The first-order chi connectivity index (χ1) is 8.62. The Morgan fingerprint density at radius 1 is 1.42 bits per heavy atom. The molecule has 1 atom stereocenters. The Kier molecular flexibility index (Phi) is 4.63. The zero-order valence-corrected chi connectivity index (χ0v) is 13.5. The van der Waals surface area contributed by atoms with E-state index in [1.165, 1.54) is 0 Å². The van der Waals surface area contributed by atoms with Crippen LogP contribution in [0.15, 0.2) is 0 Å². The van der Waals surface area contributed by atoms with Gasteiger partial charge in [0.05, 0.1) is 16.2 Å². The van der Waals surface area contributed by atoms with Crippen molar-refractivity contribution in [2.45, 2.75) is 52.0 Å². The molecule has 0 saturated heterocycles. The van der Waals surface area contributed by atoms with Gasteiger partial charge < -0.3 is 11.1 Å². The minimum absolute atomic E-state index is 0.225. The molecule has 19 heavy (non-hydrogen) atoms. The molecule has 3 N–H and O–H groups in total. The third kappa shape index (κ3) is 3.48. The maximum absolute atomic E-state index is 12.4. The summed E-state index contributed by atoms with van der Waals surface area (Å²) in [5.74, 6) is -0.225. The molecule has 0 aromatic carbocycles. The Hall–Kier alpha value is -1.08. The molecule has 1 rings (SSSR count). The van der Waals surface area contributed by atoms with E-state index in [9.17, 15) is 4.79 Å². The number of thiocarbonyl (C=S) groups is 1. The lowest BCUT2D eigenvalue weighted by Crippen LogP contribution is -2.54. The number of nitrogens with one attached hydrogen (secondary N) is 1. The highest BCUT2D eigenvalue weighted by Gasteiger charge is 2.32. The Morgan fingerprint density at radius 3 is 2.42 bits per heavy atom. The van der Waals surface area contributed by atoms with Crippen LogP contribution in [0.1, 0.15) is 56.4 Å². The van der Waals surface area contributed by atoms with Crippen LogP contribution in [0.2, 0.25) is 0 Å². The van der Waals surface area contributed by atoms with Gasteiger partial charge in [0.15, 0.2) is 0 Å². The number of hydrogen-bond acceptors (Lipinski definition) is 5. The quantitative estimate of drug-likeness (QED) is 0.832. The van der Waals surface area contributed by atoms with E-state index in [2.05, 4.69) is 14.9 Å². The number of hydrogen-bond donors (Lipinski definition) is 2. The van der Waals surface area contributed by atoms with Crippen LogP contribution in [0.25, 0.3) is 0 Å². The molecular weight excluding hydrogens is 280 g/mol. The van der Waals surface area contributed by atoms with Crippen molar-refractivity contribution >= 4 is 34.6 Å². The van der Waals surface area contributed by atoms with Crippen molar-refractivity contribution in [3.63, 3.8) is 0 Å². The third-order valence-corrected chi connectivity index (χ3v) is 4.22. The lowest BCUT2D eigenvalue weighted by atomic mass is 9.91. The number of carbonyl (C=O) groups is 1. The highest BCUT2D eigenvalue weighted by molar-refractivity contribution is 7.80. The molecule has 0 radical (unpaired) electrons. The lowest BCUT2D eigenvalue weighted by Gasteiger charge is -2.28. The van der Waals surface area contributed by atoms with E-state index in [0.29, 0.717) is 17.0 Å². The minimum atomic E-state index is -0.689. The summed E-state index contributed by atoms with van der Waals surface area (Å²) in [7, 11) is 0. The van der Waals surface area contributed by atoms with E-state index in [1.54, 1.807) is 0 Å². The molecule has 0 fully saturated rings. The van der Waals surface area contributed by atoms with Gasteiger partial charge in [0.1, 0.15) is 4.88 Å². The highest BCUT2D eigenvalue weighted by atomic mass is 32.1. The number of nitrogens with zero attached hydrogens (tertiary/aromatic N) is 2. The molecular formula is C12H20N4OS2. The summed E-state index contributed by atoms with van der Waals surface area (Å²) in [6, 6.07) is 0. The van der Waals surface area contributed by atoms with Crippen molar-refractivity contribution < 1.29 is 4.79 Å². The monoisotopic (exact) mass is 300 g/mol. The van der Waals surface area contributed by atoms with Crippen LogP contribution in [-0.2, 0) is 5.41 Å². The van der Waals surface area contributed by atoms with Crippen molar-refractivity contribution in [3.05, 3.63) is 10.6 Å². The first-order valence-corrected chi connectivity index (χ1v) is 7.25. The van der Waals surface area contributed by atoms with Crippen LogP contribution < -0.4 is 11.1 Å². The maximum atomic E-state index is 12.4. The molecule has 0 saturated carbocycles.